The summed E-state index contributed by atoms with van der Waals surface area (Å²) in [6.45, 7) is 6.64. The molecular formula is C38H34ClIO2P2. The molecule has 0 saturated heterocycles. The van der Waals surface area contributed by atoms with Gasteiger partial charge in [0.2, 0.25) is 0 Å². The van der Waals surface area contributed by atoms with Crippen LogP contribution >= 0.6 is 51.8 Å². The third-order valence-corrected chi connectivity index (χ3v) is 12.7. The minimum Gasteiger partial charge on any atom is -0.476 e. The van der Waals surface area contributed by atoms with Crippen LogP contribution in [-0.4, -0.2) is 0 Å². The van der Waals surface area contributed by atoms with E-state index in [0.29, 0.717) is 0 Å². The van der Waals surface area contributed by atoms with Crippen molar-refractivity contribution >= 4 is 73.4 Å². The Bertz CT molecular complexity index is 1930. The molecule has 0 saturated carbocycles. The molecule has 6 rings (SSSR count). The summed E-state index contributed by atoms with van der Waals surface area (Å²) in [5.74, 6) is 1.74. The maximum absolute atomic E-state index is 6.93. The fourth-order valence-electron chi connectivity index (χ4n) is 5.63. The van der Waals surface area contributed by atoms with Crippen molar-refractivity contribution in [1.29, 1.82) is 0 Å². The number of aryl methyl sites for hydroxylation is 1. The number of fused-ring (bicyclic) bond motifs is 2. The average molecular weight is 747 g/mol. The van der Waals surface area contributed by atoms with E-state index in [0.717, 1.165) is 44.8 Å². The van der Waals surface area contributed by atoms with E-state index in [1.54, 1.807) is 0 Å². The number of benzene rings is 6. The lowest BCUT2D eigenvalue weighted by Gasteiger charge is -2.29. The number of hydrogen-bond donors (Lipinski definition) is 0. The first kappa shape index (κ1) is 31.3. The van der Waals surface area contributed by atoms with E-state index < -0.39 is 0 Å². The van der Waals surface area contributed by atoms with E-state index in [-0.39, 0.29) is 26.4 Å². The van der Waals surface area contributed by atoms with Gasteiger partial charge in [-0.15, -0.1) is 0 Å². The van der Waals surface area contributed by atoms with Crippen LogP contribution in [0.1, 0.15) is 42.6 Å². The molecule has 0 aliphatic rings. The fraction of sp³-hybridized carbons (Fsp3) is 0.158. The molecule has 2 nitrogen and oxygen atoms in total. The summed E-state index contributed by atoms with van der Waals surface area (Å²) in [5, 5.41) is 5.38. The first-order valence-corrected chi connectivity index (χ1v) is 18.1. The Morgan fingerprint density at radius 2 is 1.25 bits per heavy atom. The molecule has 4 unspecified atom stereocenters. The second-order valence-electron chi connectivity index (χ2n) is 11.0. The Labute approximate surface area is 282 Å². The predicted molar refractivity (Wildman–Crippen MR) is 202 cm³/mol. The highest BCUT2D eigenvalue weighted by atomic mass is 127. The summed E-state index contributed by atoms with van der Waals surface area (Å²) in [4.78, 5) is 0. The molecule has 6 aromatic carbocycles. The second-order valence-corrected chi connectivity index (χ2v) is 16.8. The zero-order chi connectivity index (χ0) is 30.7. The molecule has 0 spiro atoms. The van der Waals surface area contributed by atoms with E-state index in [1.165, 1.54) is 27.5 Å². The van der Waals surface area contributed by atoms with Gasteiger partial charge in [0.1, 0.15) is 11.5 Å². The minimum atomic E-state index is -0.139. The van der Waals surface area contributed by atoms with E-state index >= 15 is 0 Å². The van der Waals surface area contributed by atoms with Gasteiger partial charge in [0, 0.05) is 21.8 Å². The van der Waals surface area contributed by atoms with Crippen LogP contribution in [0, 0.1) is 6.92 Å². The Hall–Kier alpha value is -2.68. The first-order valence-electron chi connectivity index (χ1n) is 14.8. The van der Waals surface area contributed by atoms with Crippen molar-refractivity contribution in [2.24, 2.45) is 0 Å². The lowest BCUT2D eigenvalue weighted by atomic mass is 9.92. The molecule has 0 aromatic heterocycles. The van der Waals surface area contributed by atoms with Gasteiger partial charge in [0.05, 0.1) is 20.8 Å². The number of rotatable bonds is 10. The Morgan fingerprint density at radius 3 is 1.84 bits per heavy atom. The maximum Gasteiger partial charge on any atom is 0.131 e. The van der Waals surface area contributed by atoms with E-state index in [9.17, 15) is 0 Å². The topological polar surface area (TPSA) is 18.5 Å². The highest BCUT2D eigenvalue weighted by Gasteiger charge is 2.31. The maximum atomic E-state index is 6.93. The summed E-state index contributed by atoms with van der Waals surface area (Å²) < 4.78 is 13.5. The molecule has 0 radical (unpaired) electrons. The summed E-state index contributed by atoms with van der Waals surface area (Å²) in [6.07, 6.45) is 0.964. The molecular weight excluding hydrogens is 713 g/mol. The van der Waals surface area contributed by atoms with Crippen molar-refractivity contribution in [3.63, 3.8) is 0 Å². The highest BCUT2D eigenvalue weighted by Crippen LogP contribution is 2.55. The number of alkyl halides is 1. The third-order valence-electron chi connectivity index (χ3n) is 8.13. The number of hydrogen-bond acceptors (Lipinski definition) is 2. The summed E-state index contributed by atoms with van der Waals surface area (Å²) in [6, 6.07) is 42.4. The van der Waals surface area contributed by atoms with Crippen LogP contribution in [0.15, 0.2) is 121 Å². The smallest absolute Gasteiger partial charge is 0.131 e. The SMILES string of the molecule is CCC(I)(POc1ccc2ccccc2c1-c1c(OPC(C)c2ccc(Cl)cc2)ccc2ccccc12)c1ccccc1C. The normalized spacial score (nSPS) is 14.0. The zero-order valence-corrected chi connectivity index (χ0v) is 29.8. The fourth-order valence-corrected chi connectivity index (χ4v) is 8.47. The first-order chi connectivity index (χ1) is 21.4. The van der Waals surface area contributed by atoms with Gasteiger partial charge >= 0.3 is 0 Å². The van der Waals surface area contributed by atoms with Gasteiger partial charge in [0.15, 0.2) is 0 Å². The predicted octanol–water partition coefficient (Wildman–Crippen LogP) is 13.0. The van der Waals surface area contributed by atoms with Crippen LogP contribution in [0.5, 0.6) is 11.5 Å². The van der Waals surface area contributed by atoms with Gasteiger partial charge in [-0.25, -0.2) is 0 Å². The van der Waals surface area contributed by atoms with Crippen LogP contribution in [-0.2, 0) is 3.16 Å². The van der Waals surface area contributed by atoms with Crippen molar-refractivity contribution in [3.8, 4) is 22.6 Å². The zero-order valence-electron chi connectivity index (χ0n) is 24.9. The van der Waals surface area contributed by atoms with Crippen molar-refractivity contribution in [1.82, 2.24) is 0 Å². The molecule has 6 heteroatoms. The molecule has 44 heavy (non-hydrogen) atoms. The van der Waals surface area contributed by atoms with Gasteiger partial charge < -0.3 is 9.05 Å². The molecule has 6 aromatic rings. The second kappa shape index (κ2) is 13.8. The monoisotopic (exact) mass is 746 g/mol. The van der Waals surface area contributed by atoms with Gasteiger partial charge in [0.25, 0.3) is 0 Å². The van der Waals surface area contributed by atoms with E-state index in [1.807, 2.05) is 12.1 Å². The van der Waals surface area contributed by atoms with Crippen LogP contribution in [0.2, 0.25) is 5.02 Å². The van der Waals surface area contributed by atoms with Crippen LogP contribution in [0.25, 0.3) is 32.7 Å². The lowest BCUT2D eigenvalue weighted by molar-refractivity contribution is 0.608. The van der Waals surface area contributed by atoms with Crippen LogP contribution in [0.3, 0.4) is 0 Å². The van der Waals surface area contributed by atoms with Crippen LogP contribution < -0.4 is 9.05 Å². The van der Waals surface area contributed by atoms with E-state index in [4.69, 9.17) is 20.6 Å². The standard InChI is InChI=1S/C38H34ClIO2P2/c1-4-38(40,33-16-10-5-11-25(33)2)44-42-35-24-20-29-13-7-9-15-32(29)37(35)36-31-14-8-6-12-28(31)19-23-34(36)41-43-26(3)27-17-21-30(39)22-18-27/h5-24,26,43-44H,4H2,1-3H3. The third kappa shape index (κ3) is 6.49. The molecule has 0 fully saturated rings. The molecule has 0 heterocycles. The number of halogens is 2. The van der Waals surface area contributed by atoms with Crippen molar-refractivity contribution in [2.45, 2.75) is 36.0 Å². The molecule has 0 aliphatic carbocycles. The molecule has 0 N–H and O–H groups in total. The molecule has 0 amide bonds. The summed E-state index contributed by atoms with van der Waals surface area (Å²) in [5.41, 5.74) is 6.19. The lowest BCUT2D eigenvalue weighted by Crippen LogP contribution is -2.13. The van der Waals surface area contributed by atoms with Gasteiger partial charge in [-0.05, 0) is 75.8 Å². The summed E-state index contributed by atoms with van der Waals surface area (Å²) >= 11 is 8.77. The van der Waals surface area contributed by atoms with E-state index in [2.05, 4.69) is 153 Å². The Morgan fingerprint density at radius 1 is 0.705 bits per heavy atom. The minimum absolute atomic E-state index is 0.139. The van der Waals surface area contributed by atoms with Gasteiger partial charge in [-0.1, -0.05) is 145 Å². The van der Waals surface area contributed by atoms with Crippen molar-refractivity contribution in [2.75, 3.05) is 0 Å². The summed E-state index contributed by atoms with van der Waals surface area (Å²) in [7, 11) is 0.459. The molecule has 0 aliphatic heterocycles. The molecule has 0 bridgehead atoms. The average Bonchev–Trinajstić information content (AvgIpc) is 3.06. The highest BCUT2D eigenvalue weighted by molar-refractivity contribution is 14.1. The Kier molecular flexibility index (Phi) is 9.79. The van der Waals surface area contributed by atoms with Gasteiger partial charge in [-0.3, -0.25) is 0 Å². The molecule has 222 valence electrons. The van der Waals surface area contributed by atoms with Crippen molar-refractivity contribution in [3.05, 3.63) is 143 Å². The largest absolute Gasteiger partial charge is 0.476 e. The quantitative estimate of drug-likeness (QED) is 0.0789. The molecule has 4 atom stereocenters. The van der Waals surface area contributed by atoms with Crippen molar-refractivity contribution < 1.29 is 9.05 Å². The van der Waals surface area contributed by atoms with Gasteiger partial charge in [-0.2, -0.15) is 0 Å². The Balaban J connectivity index is 1.46. The van der Waals surface area contributed by atoms with Crippen LogP contribution in [0.4, 0.5) is 0 Å².